The first-order valence-corrected chi connectivity index (χ1v) is 6.84. The van der Waals surface area contributed by atoms with Crippen LogP contribution in [0.3, 0.4) is 0 Å². The molecule has 96 valence electrons. The Kier molecular flexibility index (Phi) is 7.25. The predicted octanol–water partition coefficient (Wildman–Crippen LogP) is 3.51. The molecule has 1 aromatic rings. The van der Waals surface area contributed by atoms with E-state index in [4.69, 9.17) is 17.3 Å². The van der Waals surface area contributed by atoms with Crippen molar-refractivity contribution in [3.05, 3.63) is 34.9 Å². The number of halogens is 1. The van der Waals surface area contributed by atoms with Crippen LogP contribution in [0, 0.1) is 0 Å². The van der Waals surface area contributed by atoms with Gasteiger partial charge >= 0.3 is 0 Å². The van der Waals surface area contributed by atoms with Crippen molar-refractivity contribution in [3.8, 4) is 0 Å². The lowest BCUT2D eigenvalue weighted by atomic mass is 10.0. The number of unbranched alkanes of at least 4 members (excludes halogenated alkanes) is 1. The molecule has 3 heteroatoms. The molecule has 0 heterocycles. The van der Waals surface area contributed by atoms with Crippen LogP contribution in [0.15, 0.2) is 24.3 Å². The van der Waals surface area contributed by atoms with Crippen molar-refractivity contribution in [1.82, 2.24) is 5.32 Å². The van der Waals surface area contributed by atoms with E-state index in [2.05, 4.69) is 24.4 Å². The average Bonchev–Trinajstić information content (AvgIpc) is 2.34. The standard InChI is InChI=1S/C14H23ClN2/c1-2-5-14(17-11-4-3-10-16)12-6-8-13(15)9-7-12/h6-9,14,17H,2-5,10-11,16H2,1H3. The van der Waals surface area contributed by atoms with Gasteiger partial charge in [-0.25, -0.2) is 0 Å². The maximum Gasteiger partial charge on any atom is 0.0406 e. The predicted molar refractivity (Wildman–Crippen MR) is 75.4 cm³/mol. The smallest absolute Gasteiger partial charge is 0.0406 e. The summed E-state index contributed by atoms with van der Waals surface area (Å²) in [5.74, 6) is 0. The van der Waals surface area contributed by atoms with E-state index in [0.29, 0.717) is 6.04 Å². The van der Waals surface area contributed by atoms with E-state index in [-0.39, 0.29) is 0 Å². The zero-order valence-corrected chi connectivity index (χ0v) is 11.3. The Bertz CT molecular complexity index is 298. The largest absolute Gasteiger partial charge is 0.330 e. The molecule has 0 aliphatic rings. The van der Waals surface area contributed by atoms with Crippen molar-refractivity contribution >= 4 is 11.6 Å². The summed E-state index contributed by atoms with van der Waals surface area (Å²) in [5.41, 5.74) is 6.81. The fourth-order valence-corrected chi connectivity index (χ4v) is 2.04. The number of nitrogens with one attached hydrogen (secondary N) is 1. The summed E-state index contributed by atoms with van der Waals surface area (Å²) in [6.07, 6.45) is 4.57. The molecular weight excluding hydrogens is 232 g/mol. The summed E-state index contributed by atoms with van der Waals surface area (Å²) < 4.78 is 0. The summed E-state index contributed by atoms with van der Waals surface area (Å²) in [6, 6.07) is 8.58. The molecule has 0 bridgehead atoms. The third-order valence-electron chi connectivity index (χ3n) is 2.87. The first kappa shape index (κ1) is 14.5. The molecule has 0 aromatic heterocycles. The van der Waals surface area contributed by atoms with Crippen LogP contribution in [0.5, 0.6) is 0 Å². The Labute approximate surface area is 110 Å². The summed E-state index contributed by atoms with van der Waals surface area (Å²) in [6.45, 7) is 4.02. The molecule has 0 amide bonds. The highest BCUT2D eigenvalue weighted by atomic mass is 35.5. The van der Waals surface area contributed by atoms with Gasteiger partial charge in [0, 0.05) is 11.1 Å². The van der Waals surface area contributed by atoms with Gasteiger partial charge in [0.15, 0.2) is 0 Å². The molecular formula is C14H23ClN2. The first-order chi connectivity index (χ1) is 8.27. The molecule has 3 N–H and O–H groups in total. The number of rotatable bonds is 8. The van der Waals surface area contributed by atoms with Crippen LogP contribution in [-0.4, -0.2) is 13.1 Å². The van der Waals surface area contributed by atoms with Crippen molar-refractivity contribution in [2.45, 2.75) is 38.6 Å². The van der Waals surface area contributed by atoms with Crippen molar-refractivity contribution in [1.29, 1.82) is 0 Å². The average molecular weight is 255 g/mol. The number of benzene rings is 1. The molecule has 0 saturated carbocycles. The number of hydrogen-bond acceptors (Lipinski definition) is 2. The Hall–Kier alpha value is -0.570. The highest BCUT2D eigenvalue weighted by Crippen LogP contribution is 2.20. The Morgan fingerprint density at radius 3 is 2.53 bits per heavy atom. The lowest BCUT2D eigenvalue weighted by Crippen LogP contribution is -2.22. The molecule has 17 heavy (non-hydrogen) atoms. The van der Waals surface area contributed by atoms with Gasteiger partial charge < -0.3 is 11.1 Å². The molecule has 1 rings (SSSR count). The van der Waals surface area contributed by atoms with Crippen molar-refractivity contribution in [3.63, 3.8) is 0 Å². The van der Waals surface area contributed by atoms with Gasteiger partial charge in [0.05, 0.1) is 0 Å². The van der Waals surface area contributed by atoms with Crippen LogP contribution in [0.25, 0.3) is 0 Å². The van der Waals surface area contributed by atoms with E-state index in [1.54, 1.807) is 0 Å². The third kappa shape index (κ3) is 5.53. The molecule has 0 aliphatic carbocycles. The van der Waals surface area contributed by atoms with Crippen molar-refractivity contribution < 1.29 is 0 Å². The second-order valence-corrected chi connectivity index (χ2v) is 4.78. The quantitative estimate of drug-likeness (QED) is 0.697. The first-order valence-electron chi connectivity index (χ1n) is 6.46. The van der Waals surface area contributed by atoms with E-state index in [0.717, 1.165) is 37.4 Å². The fraction of sp³-hybridized carbons (Fsp3) is 0.571. The van der Waals surface area contributed by atoms with Gasteiger partial charge in [0.1, 0.15) is 0 Å². The summed E-state index contributed by atoms with van der Waals surface area (Å²) >= 11 is 5.90. The third-order valence-corrected chi connectivity index (χ3v) is 3.12. The molecule has 0 radical (unpaired) electrons. The van der Waals surface area contributed by atoms with E-state index in [1.807, 2.05) is 12.1 Å². The lowest BCUT2D eigenvalue weighted by molar-refractivity contribution is 0.483. The molecule has 1 aromatic carbocycles. The van der Waals surface area contributed by atoms with Gasteiger partial charge in [-0.15, -0.1) is 0 Å². The SMILES string of the molecule is CCCC(NCCCCN)c1ccc(Cl)cc1. The molecule has 0 fully saturated rings. The van der Waals surface area contributed by atoms with Crippen LogP contribution >= 0.6 is 11.6 Å². The Balaban J connectivity index is 2.49. The van der Waals surface area contributed by atoms with E-state index >= 15 is 0 Å². The fourth-order valence-electron chi connectivity index (χ4n) is 1.92. The van der Waals surface area contributed by atoms with Gasteiger partial charge in [-0.2, -0.15) is 0 Å². The number of hydrogen-bond donors (Lipinski definition) is 2. The van der Waals surface area contributed by atoms with Crippen molar-refractivity contribution in [2.75, 3.05) is 13.1 Å². The normalized spacial score (nSPS) is 12.6. The second-order valence-electron chi connectivity index (χ2n) is 4.34. The van der Waals surface area contributed by atoms with Crippen LogP contribution in [0.4, 0.5) is 0 Å². The number of nitrogens with two attached hydrogens (primary N) is 1. The minimum atomic E-state index is 0.440. The van der Waals surface area contributed by atoms with Crippen LogP contribution < -0.4 is 11.1 Å². The second kappa shape index (κ2) is 8.51. The summed E-state index contributed by atoms with van der Waals surface area (Å²) in [4.78, 5) is 0. The zero-order chi connectivity index (χ0) is 12.5. The van der Waals surface area contributed by atoms with Gasteiger partial charge in [-0.1, -0.05) is 37.1 Å². The molecule has 1 atom stereocenters. The topological polar surface area (TPSA) is 38.0 Å². The van der Waals surface area contributed by atoms with E-state index in [1.165, 1.54) is 12.0 Å². The van der Waals surface area contributed by atoms with Gasteiger partial charge in [-0.3, -0.25) is 0 Å². The van der Waals surface area contributed by atoms with Crippen LogP contribution in [0.2, 0.25) is 5.02 Å². The molecule has 1 unspecified atom stereocenters. The van der Waals surface area contributed by atoms with Gasteiger partial charge in [-0.05, 0) is 50.0 Å². The molecule has 0 aliphatic heterocycles. The van der Waals surface area contributed by atoms with E-state index < -0.39 is 0 Å². The molecule has 0 saturated heterocycles. The summed E-state index contributed by atoms with van der Waals surface area (Å²) in [7, 11) is 0. The Morgan fingerprint density at radius 1 is 1.24 bits per heavy atom. The van der Waals surface area contributed by atoms with E-state index in [9.17, 15) is 0 Å². The minimum Gasteiger partial charge on any atom is -0.330 e. The summed E-state index contributed by atoms with van der Waals surface area (Å²) in [5, 5.41) is 4.39. The van der Waals surface area contributed by atoms with Gasteiger partial charge in [0.2, 0.25) is 0 Å². The van der Waals surface area contributed by atoms with Crippen LogP contribution in [0.1, 0.15) is 44.2 Å². The molecule has 2 nitrogen and oxygen atoms in total. The highest BCUT2D eigenvalue weighted by molar-refractivity contribution is 6.30. The maximum atomic E-state index is 5.90. The van der Waals surface area contributed by atoms with Crippen molar-refractivity contribution in [2.24, 2.45) is 5.73 Å². The zero-order valence-electron chi connectivity index (χ0n) is 10.6. The highest BCUT2D eigenvalue weighted by Gasteiger charge is 2.09. The Morgan fingerprint density at radius 2 is 1.94 bits per heavy atom. The van der Waals surface area contributed by atoms with Gasteiger partial charge in [0.25, 0.3) is 0 Å². The lowest BCUT2D eigenvalue weighted by Gasteiger charge is -2.18. The minimum absolute atomic E-state index is 0.440. The monoisotopic (exact) mass is 254 g/mol. The maximum absolute atomic E-state index is 5.90. The van der Waals surface area contributed by atoms with Crippen LogP contribution in [-0.2, 0) is 0 Å². The molecule has 0 spiro atoms.